The van der Waals surface area contributed by atoms with Gasteiger partial charge in [-0.3, -0.25) is 4.98 Å². The number of nitrogens with one attached hydrogen (secondary N) is 1. The van der Waals surface area contributed by atoms with Gasteiger partial charge in [-0.25, -0.2) is 0 Å². The zero-order valence-electron chi connectivity index (χ0n) is 11.1. The van der Waals surface area contributed by atoms with E-state index in [1.807, 2.05) is 26.2 Å². The molecule has 0 aliphatic heterocycles. The number of hydrogen-bond acceptors (Lipinski definition) is 4. The Morgan fingerprint density at radius 2 is 2.18 bits per heavy atom. The minimum Gasteiger partial charge on any atom is -0.492 e. The Hall–Kier alpha value is -1.13. The van der Waals surface area contributed by atoms with Crippen LogP contribution in [0.25, 0.3) is 0 Å². The zero-order valence-corrected chi connectivity index (χ0v) is 11.1. The normalized spacial score (nSPS) is 14.4. The average molecular weight is 238 g/mol. The lowest BCUT2D eigenvalue weighted by atomic mass is 10.0. The third-order valence-corrected chi connectivity index (χ3v) is 2.72. The van der Waals surface area contributed by atoms with Crippen LogP contribution in [0, 0.1) is 0 Å². The second-order valence-corrected chi connectivity index (χ2v) is 4.01. The van der Waals surface area contributed by atoms with Crippen molar-refractivity contribution in [3.63, 3.8) is 0 Å². The molecule has 0 saturated carbocycles. The van der Waals surface area contributed by atoms with Crippen LogP contribution in [0.5, 0.6) is 5.75 Å². The van der Waals surface area contributed by atoms with Crippen LogP contribution in [0.1, 0.15) is 31.9 Å². The van der Waals surface area contributed by atoms with Crippen LogP contribution in [0.3, 0.4) is 0 Å². The molecule has 0 radical (unpaired) electrons. The van der Waals surface area contributed by atoms with Gasteiger partial charge in [-0.1, -0.05) is 6.92 Å². The predicted octanol–water partition coefficient (Wildman–Crippen LogP) is 2.17. The maximum Gasteiger partial charge on any atom is 0.137 e. The quantitative estimate of drug-likeness (QED) is 0.790. The number of ether oxygens (including phenoxy) is 2. The van der Waals surface area contributed by atoms with Crippen LogP contribution < -0.4 is 10.1 Å². The first-order valence-electron chi connectivity index (χ1n) is 6.00. The average Bonchev–Trinajstić information content (AvgIpc) is 2.37. The molecule has 0 fully saturated rings. The Balaban J connectivity index is 2.81. The summed E-state index contributed by atoms with van der Waals surface area (Å²) in [5.74, 6) is 0.813. The van der Waals surface area contributed by atoms with E-state index >= 15 is 0 Å². The lowest BCUT2D eigenvalue weighted by Crippen LogP contribution is -2.28. The summed E-state index contributed by atoms with van der Waals surface area (Å²) in [5.41, 5.74) is 1.08. The summed E-state index contributed by atoms with van der Waals surface area (Å²) in [6.45, 7) is 4.83. The molecule has 17 heavy (non-hydrogen) atoms. The molecule has 1 N–H and O–H groups in total. The molecule has 0 aromatic carbocycles. The van der Waals surface area contributed by atoms with Crippen LogP contribution >= 0.6 is 0 Å². The van der Waals surface area contributed by atoms with Crippen molar-refractivity contribution >= 4 is 0 Å². The second-order valence-electron chi connectivity index (χ2n) is 4.01. The highest BCUT2D eigenvalue weighted by atomic mass is 16.5. The molecule has 0 aliphatic carbocycles. The molecule has 4 heteroatoms. The Kier molecular flexibility index (Phi) is 5.94. The Bertz CT molecular complexity index is 331. The van der Waals surface area contributed by atoms with Crippen molar-refractivity contribution in [2.45, 2.75) is 32.4 Å². The third kappa shape index (κ3) is 3.98. The van der Waals surface area contributed by atoms with Gasteiger partial charge < -0.3 is 14.8 Å². The number of pyridine rings is 1. The van der Waals surface area contributed by atoms with Crippen molar-refractivity contribution in [1.29, 1.82) is 0 Å². The number of rotatable bonds is 7. The summed E-state index contributed by atoms with van der Waals surface area (Å²) in [7, 11) is 3.62. The Morgan fingerprint density at radius 3 is 2.76 bits per heavy atom. The smallest absolute Gasteiger partial charge is 0.137 e. The molecule has 0 saturated heterocycles. The molecule has 96 valence electrons. The second kappa shape index (κ2) is 7.25. The number of hydrogen-bond donors (Lipinski definition) is 1. The van der Waals surface area contributed by atoms with E-state index in [2.05, 4.69) is 17.2 Å². The summed E-state index contributed by atoms with van der Waals surface area (Å²) in [6.07, 6.45) is 4.66. The summed E-state index contributed by atoms with van der Waals surface area (Å²) in [6, 6.07) is 2.14. The summed E-state index contributed by atoms with van der Waals surface area (Å²) in [4.78, 5) is 4.20. The predicted molar refractivity (Wildman–Crippen MR) is 68.3 cm³/mol. The van der Waals surface area contributed by atoms with Gasteiger partial charge in [0.15, 0.2) is 0 Å². The first kappa shape index (κ1) is 13.9. The summed E-state index contributed by atoms with van der Waals surface area (Å²) in [5, 5.41) is 3.23. The Morgan fingerprint density at radius 1 is 1.41 bits per heavy atom. The van der Waals surface area contributed by atoms with E-state index in [1.165, 1.54) is 0 Å². The SMILES string of the molecule is CCCOc1cncc(C(NC)C(C)OC)c1. The highest BCUT2D eigenvalue weighted by Crippen LogP contribution is 2.21. The first-order valence-corrected chi connectivity index (χ1v) is 6.00. The van der Waals surface area contributed by atoms with E-state index in [-0.39, 0.29) is 12.1 Å². The van der Waals surface area contributed by atoms with Crippen molar-refractivity contribution in [1.82, 2.24) is 10.3 Å². The molecular weight excluding hydrogens is 216 g/mol. The van der Waals surface area contributed by atoms with Gasteiger partial charge in [0.05, 0.1) is 24.9 Å². The number of methoxy groups -OCH3 is 1. The van der Waals surface area contributed by atoms with E-state index in [1.54, 1.807) is 13.3 Å². The fraction of sp³-hybridized carbons (Fsp3) is 0.615. The van der Waals surface area contributed by atoms with Crippen LogP contribution in [0.4, 0.5) is 0 Å². The highest BCUT2D eigenvalue weighted by molar-refractivity contribution is 5.26. The van der Waals surface area contributed by atoms with E-state index in [9.17, 15) is 0 Å². The van der Waals surface area contributed by atoms with Gasteiger partial charge in [0.1, 0.15) is 5.75 Å². The van der Waals surface area contributed by atoms with Crippen molar-refractivity contribution in [2.24, 2.45) is 0 Å². The van der Waals surface area contributed by atoms with Gasteiger partial charge in [-0.15, -0.1) is 0 Å². The largest absolute Gasteiger partial charge is 0.492 e. The van der Waals surface area contributed by atoms with E-state index in [0.29, 0.717) is 0 Å². The molecular formula is C13H22N2O2. The van der Waals surface area contributed by atoms with Crippen LogP contribution in [-0.4, -0.2) is 31.9 Å². The fourth-order valence-electron chi connectivity index (χ4n) is 1.71. The number of aromatic nitrogens is 1. The maximum atomic E-state index is 5.57. The van der Waals surface area contributed by atoms with Crippen LogP contribution in [0.2, 0.25) is 0 Å². The topological polar surface area (TPSA) is 43.4 Å². The van der Waals surface area contributed by atoms with Crippen LogP contribution in [-0.2, 0) is 4.74 Å². The molecule has 1 rings (SSSR count). The molecule has 4 nitrogen and oxygen atoms in total. The summed E-state index contributed by atoms with van der Waals surface area (Å²) < 4.78 is 10.9. The zero-order chi connectivity index (χ0) is 12.7. The fourth-order valence-corrected chi connectivity index (χ4v) is 1.71. The molecule has 2 atom stereocenters. The van der Waals surface area contributed by atoms with Crippen LogP contribution in [0.15, 0.2) is 18.5 Å². The van der Waals surface area contributed by atoms with E-state index < -0.39 is 0 Å². The molecule has 1 aromatic heterocycles. The van der Waals surface area contributed by atoms with Crippen molar-refractivity contribution in [3.05, 3.63) is 24.0 Å². The first-order chi connectivity index (χ1) is 8.22. The number of likely N-dealkylation sites (N-methyl/N-ethyl adjacent to an activating group) is 1. The maximum absolute atomic E-state index is 5.57. The van der Waals surface area contributed by atoms with Gasteiger partial charge in [-0.05, 0) is 32.0 Å². The molecule has 0 bridgehead atoms. The standard InChI is InChI=1S/C13H22N2O2/c1-5-6-17-12-7-11(8-15-9-12)13(14-3)10(2)16-4/h7-10,13-14H,5-6H2,1-4H3. The number of nitrogens with zero attached hydrogens (tertiary/aromatic N) is 1. The van der Waals surface area contributed by atoms with E-state index in [0.717, 1.165) is 24.3 Å². The minimum atomic E-state index is 0.0863. The lowest BCUT2D eigenvalue weighted by molar-refractivity contribution is 0.0855. The monoisotopic (exact) mass is 238 g/mol. The van der Waals surface area contributed by atoms with Gasteiger partial charge in [-0.2, -0.15) is 0 Å². The van der Waals surface area contributed by atoms with Gasteiger partial charge >= 0.3 is 0 Å². The third-order valence-electron chi connectivity index (χ3n) is 2.72. The van der Waals surface area contributed by atoms with Gasteiger partial charge in [0, 0.05) is 13.3 Å². The van der Waals surface area contributed by atoms with Gasteiger partial charge in [0.25, 0.3) is 0 Å². The lowest BCUT2D eigenvalue weighted by Gasteiger charge is -2.22. The molecule has 0 amide bonds. The minimum absolute atomic E-state index is 0.0863. The van der Waals surface area contributed by atoms with Crippen molar-refractivity contribution < 1.29 is 9.47 Å². The molecule has 1 heterocycles. The molecule has 2 unspecified atom stereocenters. The van der Waals surface area contributed by atoms with E-state index in [4.69, 9.17) is 9.47 Å². The molecule has 0 aliphatic rings. The molecule has 0 spiro atoms. The summed E-state index contributed by atoms with van der Waals surface area (Å²) >= 11 is 0. The van der Waals surface area contributed by atoms with Crippen molar-refractivity contribution in [2.75, 3.05) is 20.8 Å². The van der Waals surface area contributed by atoms with Gasteiger partial charge in [0.2, 0.25) is 0 Å². The Labute approximate surface area is 103 Å². The highest BCUT2D eigenvalue weighted by Gasteiger charge is 2.17. The molecule has 1 aromatic rings. The van der Waals surface area contributed by atoms with Crippen molar-refractivity contribution in [3.8, 4) is 5.75 Å².